The molecule has 0 heterocycles. The van der Waals surface area contributed by atoms with Crippen LogP contribution in [0.5, 0.6) is 0 Å². The van der Waals surface area contributed by atoms with Gasteiger partial charge in [0.2, 0.25) is 0 Å². The first kappa shape index (κ1) is 14.0. The van der Waals surface area contributed by atoms with Gasteiger partial charge in [-0.3, -0.25) is 4.79 Å². The van der Waals surface area contributed by atoms with Crippen molar-refractivity contribution in [2.24, 2.45) is 0 Å². The summed E-state index contributed by atoms with van der Waals surface area (Å²) >= 11 is 6.25. The maximum atomic E-state index is 11.3. The lowest BCUT2D eigenvalue weighted by atomic mass is 10.1. The number of hydrogen-bond donors (Lipinski definition) is 0. The molecular formula is C14H20ClNO. The zero-order chi connectivity index (χ0) is 13.0. The fourth-order valence-corrected chi connectivity index (χ4v) is 2.15. The van der Waals surface area contributed by atoms with Crippen LogP contribution in [-0.4, -0.2) is 18.4 Å². The van der Waals surface area contributed by atoms with Gasteiger partial charge in [-0.15, -0.1) is 0 Å². The molecule has 17 heavy (non-hydrogen) atoms. The van der Waals surface area contributed by atoms with E-state index in [1.54, 1.807) is 13.0 Å². The number of nitrogens with zero attached hydrogens (tertiary/aromatic N) is 1. The molecule has 94 valence electrons. The molecule has 1 rings (SSSR count). The minimum absolute atomic E-state index is 0.0463. The van der Waals surface area contributed by atoms with Crippen LogP contribution in [0.1, 0.15) is 44.5 Å². The summed E-state index contributed by atoms with van der Waals surface area (Å²) in [5.74, 6) is 0.0463. The summed E-state index contributed by atoms with van der Waals surface area (Å²) in [7, 11) is 0. The fraction of sp³-hybridized carbons (Fsp3) is 0.500. The van der Waals surface area contributed by atoms with Gasteiger partial charge in [0.15, 0.2) is 5.78 Å². The van der Waals surface area contributed by atoms with Gasteiger partial charge in [-0.05, 0) is 45.4 Å². The average molecular weight is 254 g/mol. The van der Waals surface area contributed by atoms with E-state index in [0.717, 1.165) is 18.7 Å². The van der Waals surface area contributed by atoms with Gasteiger partial charge < -0.3 is 4.90 Å². The van der Waals surface area contributed by atoms with E-state index in [0.29, 0.717) is 16.6 Å². The molecule has 0 amide bonds. The lowest BCUT2D eigenvalue weighted by Gasteiger charge is -2.29. The highest BCUT2D eigenvalue weighted by Crippen LogP contribution is 2.28. The fourth-order valence-electron chi connectivity index (χ4n) is 1.86. The molecule has 0 atom stereocenters. The Bertz CT molecular complexity index is 401. The highest BCUT2D eigenvalue weighted by Gasteiger charge is 2.14. The zero-order valence-corrected chi connectivity index (χ0v) is 11.7. The Labute approximate surface area is 109 Å². The van der Waals surface area contributed by atoms with Crippen molar-refractivity contribution in [3.8, 4) is 0 Å². The summed E-state index contributed by atoms with van der Waals surface area (Å²) in [6, 6.07) is 5.93. The second-order valence-corrected chi connectivity index (χ2v) is 4.92. The van der Waals surface area contributed by atoms with Crippen molar-refractivity contribution in [3.05, 3.63) is 28.8 Å². The van der Waals surface area contributed by atoms with Crippen LogP contribution in [0.3, 0.4) is 0 Å². The Morgan fingerprint density at radius 2 is 2.06 bits per heavy atom. The Morgan fingerprint density at radius 3 is 2.47 bits per heavy atom. The molecule has 0 aromatic heterocycles. The predicted molar refractivity (Wildman–Crippen MR) is 74.2 cm³/mol. The van der Waals surface area contributed by atoms with Crippen LogP contribution in [0.15, 0.2) is 18.2 Å². The molecule has 1 aromatic carbocycles. The molecule has 0 aliphatic heterocycles. The van der Waals surface area contributed by atoms with Crippen molar-refractivity contribution >= 4 is 23.1 Å². The molecule has 0 fully saturated rings. The van der Waals surface area contributed by atoms with Crippen molar-refractivity contribution in [1.82, 2.24) is 0 Å². The molecule has 0 bridgehead atoms. The third kappa shape index (κ3) is 3.47. The van der Waals surface area contributed by atoms with E-state index in [4.69, 9.17) is 11.6 Å². The first-order valence-corrected chi connectivity index (χ1v) is 6.42. The standard InChI is InChI=1S/C14H20ClNO/c1-5-8-16(10(2)3)14-7-6-12(11(4)17)9-13(14)15/h6-7,9-10H,5,8H2,1-4H3. The first-order chi connectivity index (χ1) is 7.97. The summed E-state index contributed by atoms with van der Waals surface area (Å²) in [5.41, 5.74) is 1.67. The maximum Gasteiger partial charge on any atom is 0.159 e. The van der Waals surface area contributed by atoms with Crippen molar-refractivity contribution in [2.45, 2.75) is 40.2 Å². The molecular weight excluding hydrogens is 234 g/mol. The molecule has 0 aliphatic rings. The molecule has 0 radical (unpaired) electrons. The highest BCUT2D eigenvalue weighted by atomic mass is 35.5. The monoisotopic (exact) mass is 253 g/mol. The van der Waals surface area contributed by atoms with Crippen LogP contribution in [0.4, 0.5) is 5.69 Å². The van der Waals surface area contributed by atoms with Crippen LogP contribution in [0, 0.1) is 0 Å². The number of carbonyl (C=O) groups is 1. The molecule has 0 aliphatic carbocycles. The van der Waals surface area contributed by atoms with Crippen LogP contribution < -0.4 is 4.90 Å². The average Bonchev–Trinajstić information content (AvgIpc) is 2.26. The minimum Gasteiger partial charge on any atom is -0.368 e. The summed E-state index contributed by atoms with van der Waals surface area (Å²) in [4.78, 5) is 13.5. The quantitative estimate of drug-likeness (QED) is 0.734. The molecule has 0 saturated heterocycles. The maximum absolute atomic E-state index is 11.3. The topological polar surface area (TPSA) is 20.3 Å². The third-order valence-electron chi connectivity index (χ3n) is 2.75. The molecule has 0 unspecified atom stereocenters. The summed E-state index contributed by atoms with van der Waals surface area (Å²) in [5, 5.41) is 0.653. The molecule has 0 spiro atoms. The number of hydrogen-bond acceptors (Lipinski definition) is 2. The molecule has 1 aromatic rings. The van der Waals surface area contributed by atoms with E-state index in [1.807, 2.05) is 12.1 Å². The highest BCUT2D eigenvalue weighted by molar-refractivity contribution is 6.33. The molecule has 2 nitrogen and oxygen atoms in total. The predicted octanol–water partition coefficient (Wildman–Crippen LogP) is 4.17. The van der Waals surface area contributed by atoms with Gasteiger partial charge in [0.1, 0.15) is 0 Å². The van der Waals surface area contributed by atoms with Crippen LogP contribution >= 0.6 is 11.6 Å². The van der Waals surface area contributed by atoms with Crippen LogP contribution in [0.2, 0.25) is 5.02 Å². The molecule has 0 saturated carbocycles. The SMILES string of the molecule is CCCN(c1ccc(C(C)=O)cc1Cl)C(C)C. The Kier molecular flexibility index (Phi) is 5.01. The molecule has 0 N–H and O–H groups in total. The second-order valence-electron chi connectivity index (χ2n) is 4.51. The lowest BCUT2D eigenvalue weighted by Crippen LogP contribution is -2.31. The number of rotatable bonds is 5. The van der Waals surface area contributed by atoms with Crippen molar-refractivity contribution < 1.29 is 4.79 Å². The van der Waals surface area contributed by atoms with Gasteiger partial charge in [0.25, 0.3) is 0 Å². The van der Waals surface area contributed by atoms with Gasteiger partial charge in [-0.1, -0.05) is 18.5 Å². The first-order valence-electron chi connectivity index (χ1n) is 6.04. The van der Waals surface area contributed by atoms with Gasteiger partial charge in [0, 0.05) is 18.2 Å². The van der Waals surface area contributed by atoms with Crippen molar-refractivity contribution in [1.29, 1.82) is 0 Å². The van der Waals surface area contributed by atoms with Gasteiger partial charge >= 0.3 is 0 Å². The smallest absolute Gasteiger partial charge is 0.159 e. The Hall–Kier alpha value is -1.02. The second kappa shape index (κ2) is 6.06. The van der Waals surface area contributed by atoms with Gasteiger partial charge in [-0.2, -0.15) is 0 Å². The van der Waals surface area contributed by atoms with E-state index >= 15 is 0 Å². The number of carbonyl (C=O) groups excluding carboxylic acids is 1. The minimum atomic E-state index is 0.0463. The number of anilines is 1. The van der Waals surface area contributed by atoms with Crippen molar-refractivity contribution in [3.63, 3.8) is 0 Å². The largest absolute Gasteiger partial charge is 0.368 e. The Balaban J connectivity index is 3.08. The number of Topliss-reactive ketones (excluding diaryl/α,β-unsaturated/α-hetero) is 1. The summed E-state index contributed by atoms with van der Waals surface area (Å²) in [6.45, 7) is 8.96. The van der Waals surface area contributed by atoms with Gasteiger partial charge in [-0.25, -0.2) is 0 Å². The van der Waals surface area contributed by atoms with E-state index in [1.165, 1.54) is 0 Å². The van der Waals surface area contributed by atoms with E-state index < -0.39 is 0 Å². The zero-order valence-electron chi connectivity index (χ0n) is 11.0. The number of ketones is 1. The van der Waals surface area contributed by atoms with Gasteiger partial charge in [0.05, 0.1) is 10.7 Å². The Morgan fingerprint density at radius 1 is 1.41 bits per heavy atom. The van der Waals surface area contributed by atoms with Crippen molar-refractivity contribution in [2.75, 3.05) is 11.4 Å². The summed E-state index contributed by atoms with van der Waals surface area (Å²) < 4.78 is 0. The number of halogens is 1. The van der Waals surface area contributed by atoms with E-state index in [2.05, 4.69) is 25.7 Å². The van der Waals surface area contributed by atoms with E-state index in [9.17, 15) is 4.79 Å². The normalized spacial score (nSPS) is 10.7. The third-order valence-corrected chi connectivity index (χ3v) is 3.05. The summed E-state index contributed by atoms with van der Waals surface area (Å²) in [6.07, 6.45) is 1.07. The van der Waals surface area contributed by atoms with Crippen LogP contribution in [0.25, 0.3) is 0 Å². The molecule has 3 heteroatoms. The van der Waals surface area contributed by atoms with E-state index in [-0.39, 0.29) is 5.78 Å². The number of benzene rings is 1. The lowest BCUT2D eigenvalue weighted by molar-refractivity contribution is 0.101. The van der Waals surface area contributed by atoms with Crippen LogP contribution in [-0.2, 0) is 0 Å².